The lowest BCUT2D eigenvalue weighted by molar-refractivity contribution is -0.233. The summed E-state index contributed by atoms with van der Waals surface area (Å²) < 4.78 is 7.67. The van der Waals surface area contributed by atoms with E-state index in [2.05, 4.69) is 30.5 Å². The molecule has 0 saturated carbocycles. The lowest BCUT2D eigenvalue weighted by atomic mass is 9.98. The van der Waals surface area contributed by atoms with E-state index < -0.39 is 11.9 Å². The second kappa shape index (κ2) is 11.1. The Kier molecular flexibility index (Phi) is 7.30. The Labute approximate surface area is 223 Å². The van der Waals surface area contributed by atoms with Crippen LogP contribution in [0.1, 0.15) is 41.8 Å². The number of rotatable bonds is 8. The SMILES string of the molecule is CCOc1nc2c(C)ccc(C(=O)OOC(=O)CC)c2n1Cc1ccc(-c2ccccc2-c2nn[nH]n2)cc1. The zero-order chi connectivity index (χ0) is 27.4. The molecule has 2 heterocycles. The van der Waals surface area contributed by atoms with E-state index >= 15 is 0 Å². The van der Waals surface area contributed by atoms with Crippen molar-refractivity contribution in [1.29, 1.82) is 0 Å². The van der Waals surface area contributed by atoms with Crippen molar-refractivity contribution in [3.05, 3.63) is 77.4 Å². The van der Waals surface area contributed by atoms with Gasteiger partial charge in [0, 0.05) is 12.0 Å². The van der Waals surface area contributed by atoms with Gasteiger partial charge in [0.25, 0.3) is 6.01 Å². The number of tetrazole rings is 1. The van der Waals surface area contributed by atoms with Crippen molar-refractivity contribution in [2.45, 2.75) is 33.7 Å². The molecule has 39 heavy (non-hydrogen) atoms. The Morgan fingerprint density at radius 3 is 2.41 bits per heavy atom. The van der Waals surface area contributed by atoms with Gasteiger partial charge >= 0.3 is 11.9 Å². The molecule has 11 heteroatoms. The number of hydrogen-bond acceptors (Lipinski definition) is 9. The lowest BCUT2D eigenvalue weighted by Gasteiger charge is -2.12. The molecule has 11 nitrogen and oxygen atoms in total. The van der Waals surface area contributed by atoms with Crippen LogP contribution in [-0.2, 0) is 21.1 Å². The number of imidazole rings is 1. The maximum Gasteiger partial charge on any atom is 0.388 e. The molecule has 0 saturated heterocycles. The summed E-state index contributed by atoms with van der Waals surface area (Å²) in [6.07, 6.45) is 0.0819. The predicted molar refractivity (Wildman–Crippen MR) is 142 cm³/mol. The molecule has 0 amide bonds. The van der Waals surface area contributed by atoms with Crippen molar-refractivity contribution in [2.75, 3.05) is 6.61 Å². The van der Waals surface area contributed by atoms with E-state index in [1.807, 2.05) is 66.9 Å². The summed E-state index contributed by atoms with van der Waals surface area (Å²) in [6, 6.07) is 19.6. The number of aryl methyl sites for hydroxylation is 1. The molecule has 0 aliphatic rings. The Balaban J connectivity index is 1.51. The molecule has 3 aromatic carbocycles. The highest BCUT2D eigenvalue weighted by molar-refractivity contribution is 6.03. The van der Waals surface area contributed by atoms with Gasteiger partial charge in [0.2, 0.25) is 5.82 Å². The summed E-state index contributed by atoms with van der Waals surface area (Å²) in [7, 11) is 0. The van der Waals surface area contributed by atoms with E-state index in [-0.39, 0.29) is 12.0 Å². The average Bonchev–Trinajstić information content (AvgIpc) is 3.62. The van der Waals surface area contributed by atoms with Crippen molar-refractivity contribution in [3.63, 3.8) is 0 Å². The van der Waals surface area contributed by atoms with Gasteiger partial charge < -0.3 is 4.74 Å². The van der Waals surface area contributed by atoms with Gasteiger partial charge in [-0.15, -0.1) is 10.2 Å². The van der Waals surface area contributed by atoms with Crippen LogP contribution in [-0.4, -0.2) is 48.7 Å². The molecule has 0 fully saturated rings. The zero-order valence-electron chi connectivity index (χ0n) is 21.7. The van der Waals surface area contributed by atoms with Gasteiger partial charge in [0.05, 0.1) is 29.7 Å². The molecule has 0 aliphatic carbocycles. The number of nitrogens with zero attached hydrogens (tertiary/aromatic N) is 5. The minimum absolute atomic E-state index is 0.0819. The Morgan fingerprint density at radius 2 is 1.72 bits per heavy atom. The van der Waals surface area contributed by atoms with Crippen molar-refractivity contribution in [2.24, 2.45) is 0 Å². The molecule has 0 atom stereocenters. The summed E-state index contributed by atoms with van der Waals surface area (Å²) in [6.45, 7) is 6.14. The summed E-state index contributed by atoms with van der Waals surface area (Å²) >= 11 is 0. The minimum Gasteiger partial charge on any atom is -0.465 e. The van der Waals surface area contributed by atoms with Crippen LogP contribution in [0.15, 0.2) is 60.7 Å². The van der Waals surface area contributed by atoms with E-state index in [9.17, 15) is 9.59 Å². The molecule has 0 radical (unpaired) electrons. The van der Waals surface area contributed by atoms with E-state index in [1.165, 1.54) is 0 Å². The molecular formula is C28H26N6O5. The fourth-order valence-corrected chi connectivity index (χ4v) is 4.26. The van der Waals surface area contributed by atoms with E-state index in [0.717, 1.165) is 27.8 Å². The van der Waals surface area contributed by atoms with Crippen LogP contribution in [0, 0.1) is 6.92 Å². The maximum atomic E-state index is 12.9. The second-order valence-corrected chi connectivity index (χ2v) is 8.70. The van der Waals surface area contributed by atoms with Gasteiger partial charge in [-0.3, -0.25) is 4.57 Å². The van der Waals surface area contributed by atoms with E-state index in [4.69, 9.17) is 9.62 Å². The first-order valence-corrected chi connectivity index (χ1v) is 12.5. The fourth-order valence-electron chi connectivity index (χ4n) is 4.26. The van der Waals surface area contributed by atoms with Crippen LogP contribution < -0.4 is 4.74 Å². The molecule has 198 valence electrons. The maximum absolute atomic E-state index is 12.9. The van der Waals surface area contributed by atoms with Crippen LogP contribution in [0.3, 0.4) is 0 Å². The zero-order valence-corrected chi connectivity index (χ0v) is 21.7. The molecular weight excluding hydrogens is 500 g/mol. The van der Waals surface area contributed by atoms with E-state index in [0.29, 0.717) is 36.0 Å². The number of aromatic nitrogens is 6. The van der Waals surface area contributed by atoms with Gasteiger partial charge in [-0.25, -0.2) is 19.4 Å². The van der Waals surface area contributed by atoms with Crippen LogP contribution in [0.25, 0.3) is 33.5 Å². The Hall–Kier alpha value is -5.06. The standard InChI is InChI=1S/C28H26N6O5/c1-4-23(35)38-39-27(36)22-15-10-17(3)24-25(22)34(28(29-24)37-5-2)16-18-11-13-19(14-12-18)20-8-6-7-9-21(20)26-30-32-33-31-26/h6-15H,4-5,16H2,1-3H3,(H,30,31,32,33). The summed E-state index contributed by atoms with van der Waals surface area (Å²) in [5.41, 5.74) is 5.97. The van der Waals surface area contributed by atoms with Gasteiger partial charge in [-0.2, -0.15) is 10.2 Å². The van der Waals surface area contributed by atoms with Crippen molar-refractivity contribution in [3.8, 4) is 28.5 Å². The number of nitrogens with one attached hydrogen (secondary N) is 1. The lowest BCUT2D eigenvalue weighted by Crippen LogP contribution is -2.13. The van der Waals surface area contributed by atoms with E-state index in [1.54, 1.807) is 19.1 Å². The molecule has 0 spiro atoms. The number of H-pyrrole nitrogens is 1. The van der Waals surface area contributed by atoms with Crippen LogP contribution in [0.2, 0.25) is 0 Å². The smallest absolute Gasteiger partial charge is 0.388 e. The first kappa shape index (κ1) is 25.6. The van der Waals surface area contributed by atoms with Crippen LogP contribution in [0.5, 0.6) is 6.01 Å². The average molecular weight is 527 g/mol. The highest BCUT2D eigenvalue weighted by Gasteiger charge is 2.23. The normalized spacial score (nSPS) is 10.9. The minimum atomic E-state index is -0.792. The van der Waals surface area contributed by atoms with Crippen molar-refractivity contribution in [1.82, 2.24) is 30.2 Å². The van der Waals surface area contributed by atoms with Crippen LogP contribution in [0.4, 0.5) is 0 Å². The number of ether oxygens (including phenoxy) is 1. The quantitative estimate of drug-likeness (QED) is 0.226. The molecule has 0 unspecified atom stereocenters. The molecule has 0 bridgehead atoms. The molecule has 0 aliphatic heterocycles. The van der Waals surface area contributed by atoms with Gasteiger partial charge in [0.15, 0.2) is 0 Å². The number of aromatic amines is 1. The molecule has 2 aromatic heterocycles. The molecule has 5 aromatic rings. The Morgan fingerprint density at radius 1 is 0.949 bits per heavy atom. The van der Waals surface area contributed by atoms with Crippen LogP contribution >= 0.6 is 0 Å². The summed E-state index contributed by atoms with van der Waals surface area (Å²) in [5.74, 6) is -0.920. The highest BCUT2D eigenvalue weighted by Crippen LogP contribution is 2.32. The van der Waals surface area contributed by atoms with Gasteiger partial charge in [-0.05, 0) is 47.4 Å². The number of fused-ring (bicyclic) bond motifs is 1. The number of hydrogen-bond donors (Lipinski definition) is 1. The third kappa shape index (κ3) is 5.19. The monoisotopic (exact) mass is 526 g/mol. The summed E-state index contributed by atoms with van der Waals surface area (Å²) in [4.78, 5) is 38.5. The molecule has 5 rings (SSSR count). The largest absolute Gasteiger partial charge is 0.465 e. The Bertz CT molecular complexity index is 1630. The first-order valence-electron chi connectivity index (χ1n) is 12.5. The third-order valence-electron chi connectivity index (χ3n) is 6.17. The fraction of sp³-hybridized carbons (Fsp3) is 0.214. The van der Waals surface area contributed by atoms with Gasteiger partial charge in [-0.1, -0.05) is 61.5 Å². The molecule has 1 N–H and O–H groups in total. The summed E-state index contributed by atoms with van der Waals surface area (Å²) in [5, 5.41) is 14.4. The van der Waals surface area contributed by atoms with Crippen molar-refractivity contribution < 1.29 is 24.1 Å². The topological polar surface area (TPSA) is 134 Å². The highest BCUT2D eigenvalue weighted by atomic mass is 17.2. The predicted octanol–water partition coefficient (Wildman–Crippen LogP) is 4.66. The number of carbonyl (C=O) groups excluding carboxylic acids is 2. The number of benzene rings is 3. The van der Waals surface area contributed by atoms with Crippen molar-refractivity contribution >= 4 is 23.0 Å². The number of carbonyl (C=O) groups is 2. The second-order valence-electron chi connectivity index (χ2n) is 8.70. The first-order chi connectivity index (χ1) is 19.0. The third-order valence-corrected chi connectivity index (χ3v) is 6.17. The van der Waals surface area contributed by atoms with Gasteiger partial charge in [0.1, 0.15) is 0 Å².